The minimum Gasteiger partial charge on any atom is -0.326 e. The van der Waals surface area contributed by atoms with E-state index in [1.807, 2.05) is 12.1 Å². The molecular formula is C10H14NO3S. The summed E-state index contributed by atoms with van der Waals surface area (Å²) in [6.45, 7) is 4.11. The molecule has 0 heterocycles. The number of nitrogens with two attached hydrogens (primary N) is 1. The van der Waals surface area contributed by atoms with Crippen LogP contribution in [0.3, 0.4) is 0 Å². The molecule has 0 saturated carbocycles. The van der Waals surface area contributed by atoms with E-state index in [4.69, 9.17) is 9.92 Å². The van der Waals surface area contributed by atoms with Crippen molar-refractivity contribution >= 4 is 11.0 Å². The topological polar surface area (TPSA) is 69.4 Å². The average molecular weight is 228 g/mol. The first kappa shape index (κ1) is 12.2. The molecule has 0 aromatic heterocycles. The monoisotopic (exact) mass is 228 g/mol. The van der Waals surface area contributed by atoms with Crippen molar-refractivity contribution in [2.24, 2.45) is 5.73 Å². The van der Waals surface area contributed by atoms with Gasteiger partial charge in [0.25, 0.3) is 11.0 Å². The standard InChI is InChI=1S/C10H14NO3S/c1-2-10(14-15(12)13)9-5-3-8(7-11)4-6-9/h3-6,10,15H,1-2,7,11H2. The zero-order chi connectivity index (χ0) is 11.3. The fraction of sp³-hybridized carbons (Fsp3) is 0.300. The van der Waals surface area contributed by atoms with Crippen LogP contribution in [0.4, 0.5) is 0 Å². The van der Waals surface area contributed by atoms with Crippen LogP contribution in [-0.2, 0) is 21.7 Å². The summed E-state index contributed by atoms with van der Waals surface area (Å²) < 4.78 is 25.6. The average Bonchev–Trinajstić information content (AvgIpc) is 2.26. The molecule has 0 aliphatic heterocycles. The molecule has 0 spiro atoms. The molecule has 1 radical (unpaired) electrons. The third-order valence-electron chi connectivity index (χ3n) is 2.06. The van der Waals surface area contributed by atoms with Crippen LogP contribution in [-0.4, -0.2) is 8.42 Å². The van der Waals surface area contributed by atoms with Crippen molar-refractivity contribution in [3.63, 3.8) is 0 Å². The smallest absolute Gasteiger partial charge is 0.257 e. The third-order valence-corrected chi connectivity index (χ3v) is 2.49. The highest BCUT2D eigenvalue weighted by molar-refractivity contribution is 7.67. The van der Waals surface area contributed by atoms with E-state index in [1.54, 1.807) is 12.1 Å². The zero-order valence-corrected chi connectivity index (χ0v) is 9.15. The van der Waals surface area contributed by atoms with Gasteiger partial charge in [-0.15, -0.1) is 0 Å². The van der Waals surface area contributed by atoms with Crippen LogP contribution >= 0.6 is 0 Å². The van der Waals surface area contributed by atoms with Crippen molar-refractivity contribution in [2.75, 3.05) is 0 Å². The van der Waals surface area contributed by atoms with Gasteiger partial charge in [-0.25, -0.2) is 8.42 Å². The SMILES string of the molecule is [CH2]CC(O[SH](=O)=O)c1ccc(CN)cc1. The second-order valence-corrected chi connectivity index (χ2v) is 3.71. The van der Waals surface area contributed by atoms with E-state index >= 15 is 0 Å². The van der Waals surface area contributed by atoms with Crippen molar-refractivity contribution in [3.8, 4) is 0 Å². The van der Waals surface area contributed by atoms with Gasteiger partial charge in [-0.1, -0.05) is 31.2 Å². The molecule has 2 N–H and O–H groups in total. The van der Waals surface area contributed by atoms with Crippen LogP contribution in [0.2, 0.25) is 0 Å². The predicted octanol–water partition coefficient (Wildman–Crippen LogP) is 0.954. The van der Waals surface area contributed by atoms with Gasteiger partial charge in [0.05, 0.1) is 0 Å². The lowest BCUT2D eigenvalue weighted by Crippen LogP contribution is -2.03. The maximum atomic E-state index is 10.4. The fourth-order valence-electron chi connectivity index (χ4n) is 1.25. The van der Waals surface area contributed by atoms with Gasteiger partial charge >= 0.3 is 0 Å². The largest absolute Gasteiger partial charge is 0.326 e. The molecule has 0 aliphatic rings. The Morgan fingerprint density at radius 1 is 1.33 bits per heavy atom. The first-order valence-electron chi connectivity index (χ1n) is 4.56. The molecule has 1 aromatic rings. The summed E-state index contributed by atoms with van der Waals surface area (Å²) in [6, 6.07) is 7.30. The molecule has 0 saturated heterocycles. The highest BCUT2D eigenvalue weighted by atomic mass is 32.2. The van der Waals surface area contributed by atoms with Crippen LogP contribution in [0.15, 0.2) is 24.3 Å². The van der Waals surface area contributed by atoms with Crippen molar-refractivity contribution in [1.29, 1.82) is 0 Å². The lowest BCUT2D eigenvalue weighted by Gasteiger charge is -2.12. The Bertz CT molecular complexity index is 365. The van der Waals surface area contributed by atoms with Gasteiger partial charge in [-0.3, -0.25) is 4.18 Å². The van der Waals surface area contributed by atoms with Gasteiger partial charge in [0.15, 0.2) is 0 Å². The molecular weight excluding hydrogens is 214 g/mol. The Balaban J connectivity index is 2.82. The van der Waals surface area contributed by atoms with Gasteiger partial charge in [0, 0.05) is 6.54 Å². The molecule has 1 unspecified atom stereocenters. The number of hydrogen-bond acceptors (Lipinski definition) is 4. The van der Waals surface area contributed by atoms with Crippen LogP contribution < -0.4 is 5.73 Å². The first-order valence-corrected chi connectivity index (χ1v) is 5.66. The van der Waals surface area contributed by atoms with Crippen LogP contribution in [0, 0.1) is 6.92 Å². The summed E-state index contributed by atoms with van der Waals surface area (Å²) in [5, 5.41) is 0. The van der Waals surface area contributed by atoms with Crippen LogP contribution in [0.1, 0.15) is 23.7 Å². The summed E-state index contributed by atoms with van der Waals surface area (Å²) in [6.07, 6.45) is -0.136. The normalized spacial score (nSPS) is 13.0. The van der Waals surface area contributed by atoms with E-state index in [0.717, 1.165) is 11.1 Å². The third kappa shape index (κ3) is 3.62. The number of benzene rings is 1. The molecule has 0 fully saturated rings. The van der Waals surface area contributed by atoms with Crippen LogP contribution in [0.5, 0.6) is 0 Å². The second kappa shape index (κ2) is 5.85. The number of thiol groups is 1. The molecule has 5 heteroatoms. The summed E-state index contributed by atoms with van der Waals surface area (Å²) in [5.74, 6) is 0. The van der Waals surface area contributed by atoms with Crippen molar-refractivity contribution in [3.05, 3.63) is 42.3 Å². The minimum absolute atomic E-state index is 0.366. The van der Waals surface area contributed by atoms with Crippen molar-refractivity contribution < 1.29 is 12.6 Å². The highest BCUT2D eigenvalue weighted by Crippen LogP contribution is 2.21. The molecule has 1 aromatic carbocycles. The molecule has 15 heavy (non-hydrogen) atoms. The van der Waals surface area contributed by atoms with E-state index in [2.05, 4.69) is 6.92 Å². The lowest BCUT2D eigenvalue weighted by molar-refractivity contribution is 0.226. The van der Waals surface area contributed by atoms with Gasteiger partial charge in [-0.2, -0.15) is 0 Å². The Morgan fingerprint density at radius 2 is 1.93 bits per heavy atom. The van der Waals surface area contributed by atoms with E-state index in [0.29, 0.717) is 13.0 Å². The van der Waals surface area contributed by atoms with E-state index in [-0.39, 0.29) is 0 Å². The molecule has 0 amide bonds. The summed E-state index contributed by atoms with van der Waals surface area (Å²) >= 11 is 0. The minimum atomic E-state index is -2.85. The molecule has 83 valence electrons. The molecule has 1 rings (SSSR count). The zero-order valence-electron chi connectivity index (χ0n) is 8.26. The van der Waals surface area contributed by atoms with Gasteiger partial charge < -0.3 is 5.73 Å². The van der Waals surface area contributed by atoms with E-state index in [1.165, 1.54) is 0 Å². The van der Waals surface area contributed by atoms with E-state index in [9.17, 15) is 8.42 Å². The second-order valence-electron chi connectivity index (χ2n) is 3.05. The summed E-state index contributed by atoms with van der Waals surface area (Å²) in [7, 11) is -2.85. The maximum Gasteiger partial charge on any atom is 0.257 e. The van der Waals surface area contributed by atoms with E-state index < -0.39 is 17.1 Å². The summed E-state index contributed by atoms with van der Waals surface area (Å²) in [4.78, 5) is 0. The fourth-order valence-corrected chi connectivity index (χ4v) is 1.69. The Hall–Kier alpha value is -0.910. The highest BCUT2D eigenvalue weighted by Gasteiger charge is 2.10. The van der Waals surface area contributed by atoms with Gasteiger partial charge in [-0.05, 0) is 17.5 Å². The molecule has 0 bridgehead atoms. The first-order chi connectivity index (χ1) is 7.17. The van der Waals surface area contributed by atoms with Crippen LogP contribution in [0.25, 0.3) is 0 Å². The maximum absolute atomic E-state index is 10.4. The van der Waals surface area contributed by atoms with Gasteiger partial charge in [0.2, 0.25) is 0 Å². The molecule has 0 aliphatic carbocycles. The van der Waals surface area contributed by atoms with Crippen molar-refractivity contribution in [1.82, 2.24) is 0 Å². The Morgan fingerprint density at radius 3 is 2.33 bits per heavy atom. The quantitative estimate of drug-likeness (QED) is 0.736. The van der Waals surface area contributed by atoms with Gasteiger partial charge in [0.1, 0.15) is 6.10 Å². The number of hydrogen-bond donors (Lipinski definition) is 2. The lowest BCUT2D eigenvalue weighted by atomic mass is 10.1. The molecule has 1 atom stereocenters. The predicted molar refractivity (Wildman–Crippen MR) is 58.4 cm³/mol. The number of rotatable bonds is 5. The Labute approximate surface area is 91.2 Å². The van der Waals surface area contributed by atoms with Crippen molar-refractivity contribution in [2.45, 2.75) is 19.1 Å². The summed E-state index contributed by atoms with van der Waals surface area (Å²) in [5.41, 5.74) is 7.24. The Kier molecular flexibility index (Phi) is 4.74. The molecule has 4 nitrogen and oxygen atoms in total.